The lowest BCUT2D eigenvalue weighted by Crippen LogP contribution is -2.12. The summed E-state index contributed by atoms with van der Waals surface area (Å²) in [5.41, 5.74) is 1.84. The van der Waals surface area contributed by atoms with E-state index in [0.717, 1.165) is 11.1 Å². The molecule has 1 rings (SSSR count). The summed E-state index contributed by atoms with van der Waals surface area (Å²) in [5, 5.41) is -0.130. The Balaban J connectivity index is 2.81. The number of halogens is 1. The minimum absolute atomic E-state index is 0.0272. The van der Waals surface area contributed by atoms with Crippen LogP contribution in [0.1, 0.15) is 20.3 Å². The summed E-state index contributed by atoms with van der Waals surface area (Å²) in [6.45, 7) is 4.21. The zero-order valence-corrected chi connectivity index (χ0v) is 13.7. The molecule has 0 saturated carbocycles. The van der Waals surface area contributed by atoms with Gasteiger partial charge < -0.3 is 4.74 Å². The van der Waals surface area contributed by atoms with Crippen LogP contribution in [0.25, 0.3) is 0 Å². The molecule has 112 valence electrons. The predicted octanol–water partition coefficient (Wildman–Crippen LogP) is 3.44. The monoisotopic (exact) mass is 316 g/mol. The van der Waals surface area contributed by atoms with Crippen LogP contribution < -0.4 is 0 Å². The highest BCUT2D eigenvalue weighted by atomic mass is 35.5. The van der Waals surface area contributed by atoms with E-state index in [-0.39, 0.29) is 11.1 Å². The summed E-state index contributed by atoms with van der Waals surface area (Å²) in [7, 11) is -1.69. The minimum atomic E-state index is -3.28. The highest BCUT2D eigenvalue weighted by molar-refractivity contribution is 7.91. The lowest BCUT2D eigenvalue weighted by Gasteiger charge is -2.12. The second-order valence-electron chi connectivity index (χ2n) is 4.89. The van der Waals surface area contributed by atoms with Crippen molar-refractivity contribution >= 4 is 21.4 Å². The standard InChI is InChI=1S/C15H21ClO3S/c1-12(9-14(16)10-19-3)13(2)11-20(17,18)15-7-5-4-6-8-15/h4-8,14H,9-11H2,1-3H3/b13-12+. The number of alkyl halides is 1. The highest BCUT2D eigenvalue weighted by Gasteiger charge is 2.16. The van der Waals surface area contributed by atoms with Gasteiger partial charge in [-0.15, -0.1) is 11.6 Å². The second-order valence-corrected chi connectivity index (χ2v) is 7.50. The molecule has 5 heteroatoms. The number of hydrogen-bond donors (Lipinski definition) is 0. The first-order valence-corrected chi connectivity index (χ1v) is 8.51. The zero-order chi connectivity index (χ0) is 15.2. The Hall–Kier alpha value is -0.840. The van der Waals surface area contributed by atoms with E-state index in [1.165, 1.54) is 0 Å². The van der Waals surface area contributed by atoms with E-state index in [1.807, 2.05) is 13.8 Å². The smallest absolute Gasteiger partial charge is 0.182 e. The third-order valence-electron chi connectivity index (χ3n) is 3.11. The topological polar surface area (TPSA) is 43.4 Å². The van der Waals surface area contributed by atoms with Gasteiger partial charge in [0, 0.05) is 7.11 Å². The van der Waals surface area contributed by atoms with E-state index in [2.05, 4.69) is 0 Å². The first-order chi connectivity index (χ1) is 9.36. The van der Waals surface area contributed by atoms with Crippen LogP contribution in [-0.2, 0) is 14.6 Å². The minimum Gasteiger partial charge on any atom is -0.383 e. The number of allylic oxidation sites excluding steroid dienone is 1. The molecule has 0 radical (unpaired) electrons. The Morgan fingerprint density at radius 1 is 1.20 bits per heavy atom. The van der Waals surface area contributed by atoms with E-state index < -0.39 is 9.84 Å². The number of benzene rings is 1. The maximum Gasteiger partial charge on any atom is 0.182 e. The van der Waals surface area contributed by atoms with Gasteiger partial charge >= 0.3 is 0 Å². The van der Waals surface area contributed by atoms with Crippen LogP contribution in [-0.4, -0.2) is 33.3 Å². The van der Waals surface area contributed by atoms with Crippen molar-refractivity contribution in [3.8, 4) is 0 Å². The average molecular weight is 317 g/mol. The van der Waals surface area contributed by atoms with Crippen molar-refractivity contribution in [2.45, 2.75) is 30.5 Å². The van der Waals surface area contributed by atoms with Gasteiger partial charge in [-0.3, -0.25) is 0 Å². The molecule has 0 bridgehead atoms. The normalized spacial score (nSPS) is 14.8. The van der Waals surface area contributed by atoms with Gasteiger partial charge in [-0.1, -0.05) is 29.3 Å². The summed E-state index contributed by atoms with van der Waals surface area (Å²) < 4.78 is 29.5. The Kier molecular flexibility index (Phi) is 6.72. The van der Waals surface area contributed by atoms with Crippen LogP contribution >= 0.6 is 11.6 Å². The number of methoxy groups -OCH3 is 1. The largest absolute Gasteiger partial charge is 0.383 e. The summed E-state index contributed by atoms with van der Waals surface area (Å²) >= 11 is 6.10. The predicted molar refractivity (Wildman–Crippen MR) is 83.0 cm³/mol. The highest BCUT2D eigenvalue weighted by Crippen LogP contribution is 2.19. The van der Waals surface area contributed by atoms with Crippen molar-refractivity contribution in [2.24, 2.45) is 0 Å². The molecule has 1 unspecified atom stereocenters. The molecule has 0 fully saturated rings. The van der Waals surface area contributed by atoms with Crippen LogP contribution in [0, 0.1) is 0 Å². The Morgan fingerprint density at radius 2 is 1.80 bits per heavy atom. The van der Waals surface area contributed by atoms with Crippen molar-refractivity contribution in [3.63, 3.8) is 0 Å². The molecule has 0 aliphatic carbocycles. The van der Waals surface area contributed by atoms with Crippen molar-refractivity contribution < 1.29 is 13.2 Å². The molecule has 0 aliphatic rings. The number of rotatable bonds is 7. The van der Waals surface area contributed by atoms with E-state index >= 15 is 0 Å². The Labute approximate surface area is 126 Å². The van der Waals surface area contributed by atoms with Gasteiger partial charge in [-0.25, -0.2) is 8.42 Å². The van der Waals surface area contributed by atoms with Crippen molar-refractivity contribution in [3.05, 3.63) is 41.5 Å². The number of sulfone groups is 1. The first kappa shape index (κ1) is 17.2. The fourth-order valence-electron chi connectivity index (χ4n) is 1.87. The number of ether oxygens (including phenoxy) is 1. The Bertz CT molecular complexity index is 550. The molecule has 1 atom stereocenters. The molecule has 1 aromatic carbocycles. The van der Waals surface area contributed by atoms with Gasteiger partial charge in [0.25, 0.3) is 0 Å². The van der Waals surface area contributed by atoms with E-state index in [4.69, 9.17) is 16.3 Å². The number of hydrogen-bond acceptors (Lipinski definition) is 3. The van der Waals surface area contributed by atoms with E-state index in [0.29, 0.717) is 17.9 Å². The molecule has 0 amide bonds. The molecule has 0 aromatic heterocycles. The maximum absolute atomic E-state index is 12.3. The fourth-order valence-corrected chi connectivity index (χ4v) is 3.78. The van der Waals surface area contributed by atoms with E-state index in [9.17, 15) is 8.42 Å². The molecule has 0 N–H and O–H groups in total. The van der Waals surface area contributed by atoms with Gasteiger partial charge in [0.2, 0.25) is 0 Å². The zero-order valence-electron chi connectivity index (χ0n) is 12.1. The van der Waals surface area contributed by atoms with Crippen LogP contribution in [0.2, 0.25) is 0 Å². The third kappa shape index (κ3) is 5.27. The summed E-state index contributed by atoms with van der Waals surface area (Å²) in [6.07, 6.45) is 0.630. The third-order valence-corrected chi connectivity index (χ3v) is 5.20. The molecular weight excluding hydrogens is 296 g/mol. The van der Waals surface area contributed by atoms with Gasteiger partial charge in [-0.05, 0) is 32.4 Å². The van der Waals surface area contributed by atoms with E-state index in [1.54, 1.807) is 37.4 Å². The molecule has 3 nitrogen and oxygen atoms in total. The van der Waals surface area contributed by atoms with Gasteiger partial charge in [-0.2, -0.15) is 0 Å². The Morgan fingerprint density at radius 3 is 2.35 bits per heavy atom. The first-order valence-electron chi connectivity index (χ1n) is 6.43. The second kappa shape index (κ2) is 7.81. The van der Waals surface area contributed by atoms with Crippen LogP contribution in [0.5, 0.6) is 0 Å². The summed E-state index contributed by atoms with van der Waals surface area (Å²) in [5.74, 6) is 0.0272. The molecule has 1 aromatic rings. The molecular formula is C15H21ClO3S. The van der Waals surface area contributed by atoms with Crippen molar-refractivity contribution in [1.29, 1.82) is 0 Å². The average Bonchev–Trinajstić information content (AvgIpc) is 2.39. The molecule has 0 heterocycles. The van der Waals surface area contributed by atoms with Crippen LogP contribution in [0.4, 0.5) is 0 Å². The maximum atomic E-state index is 12.3. The summed E-state index contributed by atoms with van der Waals surface area (Å²) in [4.78, 5) is 0.353. The fraction of sp³-hybridized carbons (Fsp3) is 0.467. The van der Waals surface area contributed by atoms with Crippen LogP contribution in [0.3, 0.4) is 0 Å². The van der Waals surface area contributed by atoms with Gasteiger partial charge in [0.1, 0.15) is 0 Å². The van der Waals surface area contributed by atoms with Gasteiger partial charge in [0.15, 0.2) is 9.84 Å². The molecule has 20 heavy (non-hydrogen) atoms. The molecule has 0 saturated heterocycles. The quantitative estimate of drug-likeness (QED) is 0.571. The SMILES string of the molecule is COCC(Cl)C/C(C)=C(\C)CS(=O)(=O)c1ccccc1. The molecule has 0 spiro atoms. The van der Waals surface area contributed by atoms with Crippen molar-refractivity contribution in [2.75, 3.05) is 19.5 Å². The molecule has 0 aliphatic heterocycles. The van der Waals surface area contributed by atoms with Crippen molar-refractivity contribution in [1.82, 2.24) is 0 Å². The van der Waals surface area contributed by atoms with Crippen LogP contribution in [0.15, 0.2) is 46.4 Å². The lowest BCUT2D eigenvalue weighted by molar-refractivity contribution is 0.197. The lowest BCUT2D eigenvalue weighted by atomic mass is 10.1. The summed E-state index contributed by atoms with van der Waals surface area (Å²) in [6, 6.07) is 8.49. The van der Waals surface area contributed by atoms with Gasteiger partial charge in [0.05, 0.1) is 22.6 Å².